The fourth-order valence-electron chi connectivity index (χ4n) is 1.33. The number of aromatic amines is 1. The van der Waals surface area contributed by atoms with Gasteiger partial charge in [0, 0.05) is 22.7 Å². The van der Waals surface area contributed by atoms with Crippen molar-refractivity contribution < 1.29 is 4.79 Å². The van der Waals surface area contributed by atoms with Gasteiger partial charge in [-0.3, -0.25) is 4.79 Å². The second-order valence-electron chi connectivity index (χ2n) is 2.76. The highest BCUT2D eigenvalue weighted by Gasteiger charge is 2.18. The summed E-state index contributed by atoms with van der Waals surface area (Å²) in [5, 5.41) is 0. The first-order valence-electron chi connectivity index (χ1n) is 3.57. The van der Waals surface area contributed by atoms with E-state index >= 15 is 0 Å². The Morgan fingerprint density at radius 1 is 1.55 bits per heavy atom. The molecule has 0 aromatic carbocycles. The number of carbonyl (C=O) groups excluding carboxylic acids is 1. The van der Waals surface area contributed by atoms with Gasteiger partial charge in [0.05, 0.1) is 5.75 Å². The quantitative estimate of drug-likeness (QED) is 0.638. The lowest BCUT2D eigenvalue weighted by atomic mass is 10.2. The zero-order valence-electron chi connectivity index (χ0n) is 6.31. The number of ketones is 1. The third-order valence-electron chi connectivity index (χ3n) is 1.81. The summed E-state index contributed by atoms with van der Waals surface area (Å²) in [6, 6.07) is 1.94. The second kappa shape index (κ2) is 2.41. The fraction of sp³-hybridized carbons (Fsp3) is 0.375. The van der Waals surface area contributed by atoms with Crippen molar-refractivity contribution in [3.8, 4) is 0 Å². The van der Waals surface area contributed by atoms with Gasteiger partial charge in [0.1, 0.15) is 0 Å². The van der Waals surface area contributed by atoms with Gasteiger partial charge in [-0.2, -0.15) is 0 Å². The molecule has 0 amide bonds. The Balaban J connectivity index is 2.52. The minimum Gasteiger partial charge on any atom is -0.361 e. The van der Waals surface area contributed by atoms with Crippen LogP contribution in [0.4, 0.5) is 0 Å². The molecule has 0 aliphatic carbocycles. The monoisotopic (exact) mass is 167 g/mol. The molecule has 0 saturated heterocycles. The van der Waals surface area contributed by atoms with E-state index in [-0.39, 0.29) is 5.78 Å². The van der Waals surface area contributed by atoms with E-state index in [2.05, 4.69) is 4.98 Å². The predicted octanol–water partition coefficient (Wildman–Crippen LogP) is 1.75. The molecule has 0 unspecified atom stereocenters. The smallest absolute Gasteiger partial charge is 0.174 e. The van der Waals surface area contributed by atoms with E-state index in [4.69, 9.17) is 0 Å². The van der Waals surface area contributed by atoms with Crippen LogP contribution in [0.3, 0.4) is 0 Å². The van der Waals surface area contributed by atoms with Crippen molar-refractivity contribution in [2.24, 2.45) is 0 Å². The average Bonchev–Trinajstić information content (AvgIpc) is 2.31. The summed E-state index contributed by atoms with van der Waals surface area (Å²) in [5.41, 5.74) is 3.09. The highest BCUT2D eigenvalue weighted by Crippen LogP contribution is 2.24. The van der Waals surface area contributed by atoms with Crippen LogP contribution in [0.5, 0.6) is 0 Å². The summed E-state index contributed by atoms with van der Waals surface area (Å²) in [7, 11) is 0. The number of fused-ring (bicyclic) bond motifs is 1. The molecule has 1 aliphatic heterocycles. The number of aromatic nitrogens is 1. The maximum atomic E-state index is 11.3. The molecule has 0 fully saturated rings. The fourth-order valence-corrected chi connectivity index (χ4v) is 2.21. The highest BCUT2D eigenvalue weighted by atomic mass is 32.2. The van der Waals surface area contributed by atoms with E-state index in [0.29, 0.717) is 5.75 Å². The molecule has 1 aromatic rings. The number of aryl methyl sites for hydroxylation is 1. The van der Waals surface area contributed by atoms with Crippen LogP contribution >= 0.6 is 11.8 Å². The SMILES string of the molecule is Cc1cc2c([nH]1)CSCC2=O. The minimum atomic E-state index is 0.264. The van der Waals surface area contributed by atoms with Crippen molar-refractivity contribution in [3.63, 3.8) is 0 Å². The van der Waals surface area contributed by atoms with Crippen LogP contribution in [0.15, 0.2) is 6.07 Å². The maximum Gasteiger partial charge on any atom is 0.174 e. The molecular formula is C8H9NOS. The van der Waals surface area contributed by atoms with Crippen LogP contribution in [0.2, 0.25) is 0 Å². The first-order chi connectivity index (χ1) is 5.27. The molecule has 2 heterocycles. The Labute approximate surface area is 69.4 Å². The molecule has 0 bridgehead atoms. The number of hydrogen-bond acceptors (Lipinski definition) is 2. The molecule has 2 rings (SSSR count). The van der Waals surface area contributed by atoms with Crippen molar-refractivity contribution >= 4 is 17.5 Å². The Morgan fingerprint density at radius 3 is 3.09 bits per heavy atom. The van der Waals surface area contributed by atoms with Crippen LogP contribution in [-0.2, 0) is 5.75 Å². The molecule has 1 aliphatic rings. The highest BCUT2D eigenvalue weighted by molar-refractivity contribution is 7.99. The molecule has 0 saturated carbocycles. The number of nitrogens with one attached hydrogen (secondary N) is 1. The summed E-state index contributed by atoms with van der Waals surface area (Å²) >= 11 is 1.68. The Bertz CT molecular complexity index is 303. The largest absolute Gasteiger partial charge is 0.361 e. The zero-order chi connectivity index (χ0) is 7.84. The predicted molar refractivity (Wildman–Crippen MR) is 46.0 cm³/mol. The molecule has 0 atom stereocenters. The lowest BCUT2D eigenvalue weighted by Crippen LogP contribution is -2.09. The molecule has 11 heavy (non-hydrogen) atoms. The molecular weight excluding hydrogens is 158 g/mol. The van der Waals surface area contributed by atoms with E-state index in [9.17, 15) is 4.79 Å². The van der Waals surface area contributed by atoms with Gasteiger partial charge >= 0.3 is 0 Å². The second-order valence-corrected chi connectivity index (χ2v) is 3.75. The van der Waals surface area contributed by atoms with Gasteiger partial charge in [-0.1, -0.05) is 0 Å². The third kappa shape index (κ3) is 1.09. The molecule has 58 valence electrons. The van der Waals surface area contributed by atoms with Crippen LogP contribution in [0.25, 0.3) is 0 Å². The van der Waals surface area contributed by atoms with E-state index in [1.165, 1.54) is 0 Å². The maximum absolute atomic E-state index is 11.3. The summed E-state index contributed by atoms with van der Waals surface area (Å²) in [5.74, 6) is 1.86. The Morgan fingerprint density at radius 2 is 2.36 bits per heavy atom. The number of carbonyl (C=O) groups is 1. The summed E-state index contributed by atoms with van der Waals surface area (Å²) in [4.78, 5) is 14.4. The van der Waals surface area contributed by atoms with Gasteiger partial charge in [-0.05, 0) is 13.0 Å². The normalized spacial score (nSPS) is 16.6. The van der Waals surface area contributed by atoms with Gasteiger partial charge in [0.15, 0.2) is 5.78 Å². The third-order valence-corrected chi connectivity index (χ3v) is 2.77. The summed E-state index contributed by atoms with van der Waals surface area (Å²) in [6.45, 7) is 1.98. The van der Waals surface area contributed by atoms with Gasteiger partial charge in [-0.25, -0.2) is 0 Å². The minimum absolute atomic E-state index is 0.264. The number of thioether (sulfide) groups is 1. The molecule has 0 spiro atoms. The van der Waals surface area contributed by atoms with Crippen molar-refractivity contribution in [1.82, 2.24) is 4.98 Å². The average molecular weight is 167 g/mol. The van der Waals surface area contributed by atoms with Crippen LogP contribution in [-0.4, -0.2) is 16.5 Å². The first-order valence-corrected chi connectivity index (χ1v) is 4.72. The molecule has 1 N–H and O–H groups in total. The topological polar surface area (TPSA) is 32.9 Å². The number of hydrogen-bond donors (Lipinski definition) is 1. The van der Waals surface area contributed by atoms with Gasteiger partial charge in [0.2, 0.25) is 0 Å². The number of Topliss-reactive ketones (excluding diaryl/α,β-unsaturated/α-hetero) is 1. The molecule has 0 radical (unpaired) electrons. The van der Waals surface area contributed by atoms with Crippen molar-refractivity contribution in [1.29, 1.82) is 0 Å². The van der Waals surface area contributed by atoms with E-state index in [1.807, 2.05) is 13.0 Å². The summed E-state index contributed by atoms with van der Waals surface area (Å²) < 4.78 is 0. The Hall–Kier alpha value is -0.700. The molecule has 1 aromatic heterocycles. The standard InChI is InChI=1S/C8H9NOS/c1-5-2-6-7(9-5)3-11-4-8(6)10/h2,9H,3-4H2,1H3. The number of H-pyrrole nitrogens is 1. The Kier molecular flexibility index (Phi) is 1.53. The van der Waals surface area contributed by atoms with E-state index < -0.39 is 0 Å². The van der Waals surface area contributed by atoms with Gasteiger partial charge < -0.3 is 4.98 Å². The van der Waals surface area contributed by atoms with Crippen LogP contribution in [0, 0.1) is 6.92 Å². The van der Waals surface area contributed by atoms with Gasteiger partial charge in [0.25, 0.3) is 0 Å². The first kappa shape index (κ1) is 6.98. The summed E-state index contributed by atoms with van der Waals surface area (Å²) in [6.07, 6.45) is 0. The van der Waals surface area contributed by atoms with Crippen molar-refractivity contribution in [2.45, 2.75) is 12.7 Å². The zero-order valence-corrected chi connectivity index (χ0v) is 7.12. The molecule has 2 nitrogen and oxygen atoms in total. The van der Waals surface area contributed by atoms with E-state index in [1.54, 1.807) is 11.8 Å². The molecule has 3 heteroatoms. The van der Waals surface area contributed by atoms with Crippen molar-refractivity contribution in [3.05, 3.63) is 23.0 Å². The van der Waals surface area contributed by atoms with Crippen LogP contribution < -0.4 is 0 Å². The lowest BCUT2D eigenvalue weighted by molar-refractivity contribution is 0.102. The van der Waals surface area contributed by atoms with Gasteiger partial charge in [-0.15, -0.1) is 11.8 Å². The number of rotatable bonds is 0. The van der Waals surface area contributed by atoms with E-state index in [0.717, 1.165) is 22.7 Å². The van der Waals surface area contributed by atoms with Crippen molar-refractivity contribution in [2.75, 3.05) is 5.75 Å². The lowest BCUT2D eigenvalue weighted by Gasteiger charge is -2.07. The van der Waals surface area contributed by atoms with Crippen LogP contribution in [0.1, 0.15) is 21.7 Å².